The SMILES string of the molecule is CCN[C@H]1CCN(c2nc(Nc3cc(N)cc(C#N)c3)nc3ccccc23)C1. The number of fused-ring (bicyclic) bond motifs is 1. The van der Waals surface area contributed by atoms with Crippen LogP contribution in [0.2, 0.25) is 0 Å². The highest BCUT2D eigenvalue weighted by Crippen LogP contribution is 2.29. The molecule has 7 nitrogen and oxygen atoms in total. The van der Waals surface area contributed by atoms with Gasteiger partial charge in [-0.3, -0.25) is 0 Å². The lowest BCUT2D eigenvalue weighted by Gasteiger charge is -2.20. The topological polar surface area (TPSA) is 103 Å². The second kappa shape index (κ2) is 7.71. The highest BCUT2D eigenvalue weighted by molar-refractivity contribution is 5.91. The van der Waals surface area contributed by atoms with Gasteiger partial charge in [0.1, 0.15) is 5.82 Å². The minimum Gasteiger partial charge on any atom is -0.399 e. The second-order valence-corrected chi connectivity index (χ2v) is 6.96. The summed E-state index contributed by atoms with van der Waals surface area (Å²) in [5.41, 5.74) is 8.51. The molecule has 4 N–H and O–H groups in total. The number of nitriles is 1. The minimum absolute atomic E-state index is 0.474. The van der Waals surface area contributed by atoms with Gasteiger partial charge in [-0.15, -0.1) is 0 Å². The van der Waals surface area contributed by atoms with Crippen molar-refractivity contribution in [2.24, 2.45) is 0 Å². The Balaban J connectivity index is 1.71. The third-order valence-electron chi connectivity index (χ3n) is 4.90. The third-order valence-corrected chi connectivity index (χ3v) is 4.90. The van der Waals surface area contributed by atoms with Crippen molar-refractivity contribution >= 4 is 34.0 Å². The molecule has 1 saturated heterocycles. The first-order chi connectivity index (χ1) is 13.7. The standard InChI is InChI=1S/C21H23N7/c1-2-24-16-7-8-28(13-16)20-18-5-3-4-6-19(18)26-21(27-20)25-17-10-14(12-22)9-15(23)11-17/h3-6,9-11,16,24H,2,7-8,13,23H2,1H3,(H,25,26,27)/t16-/m0/s1. The van der Waals surface area contributed by atoms with Crippen LogP contribution in [-0.2, 0) is 0 Å². The number of hydrogen-bond donors (Lipinski definition) is 3. The van der Waals surface area contributed by atoms with Crippen LogP contribution < -0.4 is 21.3 Å². The van der Waals surface area contributed by atoms with Crippen LogP contribution in [0.4, 0.5) is 23.1 Å². The van der Waals surface area contributed by atoms with E-state index >= 15 is 0 Å². The van der Waals surface area contributed by atoms with Gasteiger partial charge in [0.15, 0.2) is 0 Å². The monoisotopic (exact) mass is 373 g/mol. The molecule has 1 atom stereocenters. The molecule has 1 aliphatic rings. The number of rotatable bonds is 5. The van der Waals surface area contributed by atoms with Crippen LogP contribution in [0.5, 0.6) is 0 Å². The molecule has 3 aromatic rings. The minimum atomic E-state index is 0.474. The molecule has 0 spiro atoms. The molecule has 0 amide bonds. The summed E-state index contributed by atoms with van der Waals surface area (Å²) in [5, 5.41) is 16.9. The Labute approximate surface area is 164 Å². The lowest BCUT2D eigenvalue weighted by atomic mass is 10.2. The van der Waals surface area contributed by atoms with Gasteiger partial charge in [-0.05, 0) is 43.3 Å². The van der Waals surface area contributed by atoms with Gasteiger partial charge in [-0.25, -0.2) is 4.98 Å². The van der Waals surface area contributed by atoms with Gasteiger partial charge >= 0.3 is 0 Å². The number of nitrogens with two attached hydrogens (primary N) is 1. The Kier molecular flexibility index (Phi) is 4.96. The van der Waals surface area contributed by atoms with Crippen molar-refractivity contribution in [2.45, 2.75) is 19.4 Å². The first-order valence-corrected chi connectivity index (χ1v) is 9.49. The van der Waals surface area contributed by atoms with Crippen LogP contribution in [0.1, 0.15) is 18.9 Å². The number of nitrogens with zero attached hydrogens (tertiary/aromatic N) is 4. The Bertz CT molecular complexity index is 1040. The van der Waals surface area contributed by atoms with Crippen molar-refractivity contribution in [3.8, 4) is 6.07 Å². The summed E-state index contributed by atoms with van der Waals surface area (Å²) in [7, 11) is 0. The van der Waals surface area contributed by atoms with Crippen molar-refractivity contribution in [2.75, 3.05) is 35.6 Å². The molecule has 2 heterocycles. The Morgan fingerprint density at radius 3 is 2.93 bits per heavy atom. The zero-order valence-electron chi connectivity index (χ0n) is 15.8. The van der Waals surface area contributed by atoms with E-state index in [2.05, 4.69) is 39.6 Å². The predicted molar refractivity (Wildman–Crippen MR) is 113 cm³/mol. The van der Waals surface area contributed by atoms with E-state index in [1.165, 1.54) is 0 Å². The summed E-state index contributed by atoms with van der Waals surface area (Å²) >= 11 is 0. The summed E-state index contributed by atoms with van der Waals surface area (Å²) < 4.78 is 0. The molecule has 1 aromatic heterocycles. The highest BCUT2D eigenvalue weighted by atomic mass is 15.3. The number of aromatic nitrogens is 2. The van der Waals surface area contributed by atoms with E-state index in [1.54, 1.807) is 18.2 Å². The van der Waals surface area contributed by atoms with E-state index in [0.717, 1.165) is 42.8 Å². The average Bonchev–Trinajstić information content (AvgIpc) is 3.15. The van der Waals surface area contributed by atoms with E-state index in [4.69, 9.17) is 10.7 Å². The van der Waals surface area contributed by atoms with Crippen LogP contribution in [0.3, 0.4) is 0 Å². The largest absolute Gasteiger partial charge is 0.399 e. The smallest absolute Gasteiger partial charge is 0.229 e. The Hall–Kier alpha value is -3.37. The molecule has 4 rings (SSSR count). The summed E-state index contributed by atoms with van der Waals surface area (Å²) in [6, 6.07) is 15.8. The lowest BCUT2D eigenvalue weighted by Crippen LogP contribution is -2.32. The van der Waals surface area contributed by atoms with Gasteiger partial charge in [-0.1, -0.05) is 19.1 Å². The van der Waals surface area contributed by atoms with Gasteiger partial charge in [0.05, 0.1) is 17.1 Å². The van der Waals surface area contributed by atoms with Crippen molar-refractivity contribution in [3.63, 3.8) is 0 Å². The summed E-state index contributed by atoms with van der Waals surface area (Å²) in [6.45, 7) is 4.97. The normalized spacial score (nSPS) is 16.3. The molecular weight excluding hydrogens is 350 g/mol. The maximum atomic E-state index is 9.17. The van der Waals surface area contributed by atoms with Crippen molar-refractivity contribution in [1.82, 2.24) is 15.3 Å². The molecule has 0 bridgehead atoms. The summed E-state index contributed by atoms with van der Waals surface area (Å²) in [5.74, 6) is 1.42. The molecule has 0 saturated carbocycles. The van der Waals surface area contributed by atoms with Crippen molar-refractivity contribution < 1.29 is 0 Å². The molecule has 1 fully saturated rings. The fraction of sp³-hybridized carbons (Fsp3) is 0.286. The highest BCUT2D eigenvalue weighted by Gasteiger charge is 2.24. The van der Waals surface area contributed by atoms with Crippen LogP contribution in [-0.4, -0.2) is 35.6 Å². The van der Waals surface area contributed by atoms with E-state index < -0.39 is 0 Å². The van der Waals surface area contributed by atoms with E-state index in [9.17, 15) is 5.26 Å². The third kappa shape index (κ3) is 3.68. The summed E-state index contributed by atoms with van der Waals surface area (Å²) in [4.78, 5) is 11.8. The number of anilines is 4. The average molecular weight is 373 g/mol. The quantitative estimate of drug-likeness (QED) is 0.591. The number of likely N-dealkylation sites (N-methyl/N-ethyl adjacent to an activating group) is 1. The lowest BCUT2D eigenvalue weighted by molar-refractivity contribution is 0.571. The second-order valence-electron chi connectivity index (χ2n) is 6.96. The number of nitrogen functional groups attached to an aromatic ring is 1. The Morgan fingerprint density at radius 1 is 1.25 bits per heavy atom. The fourth-order valence-corrected chi connectivity index (χ4v) is 3.68. The number of nitrogens with one attached hydrogen (secondary N) is 2. The van der Waals surface area contributed by atoms with E-state index in [-0.39, 0.29) is 0 Å². The van der Waals surface area contributed by atoms with Crippen molar-refractivity contribution in [1.29, 1.82) is 5.26 Å². The maximum Gasteiger partial charge on any atom is 0.229 e. The van der Waals surface area contributed by atoms with Gasteiger partial charge in [0.25, 0.3) is 0 Å². The molecule has 0 unspecified atom stereocenters. The van der Waals surface area contributed by atoms with Crippen molar-refractivity contribution in [3.05, 3.63) is 48.0 Å². The zero-order chi connectivity index (χ0) is 19.5. The molecule has 7 heteroatoms. The number of hydrogen-bond acceptors (Lipinski definition) is 7. The fourth-order valence-electron chi connectivity index (χ4n) is 3.68. The van der Waals surface area contributed by atoms with E-state index in [1.807, 2.05) is 18.2 Å². The van der Waals surface area contributed by atoms with Gasteiger partial charge in [-0.2, -0.15) is 10.2 Å². The zero-order valence-corrected chi connectivity index (χ0v) is 15.8. The van der Waals surface area contributed by atoms with Crippen LogP contribution >= 0.6 is 0 Å². The molecule has 0 aliphatic carbocycles. The van der Waals surface area contributed by atoms with Gasteiger partial charge in [0.2, 0.25) is 5.95 Å². The summed E-state index contributed by atoms with van der Waals surface area (Å²) in [6.07, 6.45) is 1.09. The van der Waals surface area contributed by atoms with Crippen LogP contribution in [0, 0.1) is 11.3 Å². The molecular formula is C21H23N7. The first-order valence-electron chi connectivity index (χ1n) is 9.49. The molecule has 2 aromatic carbocycles. The number of para-hydroxylation sites is 1. The predicted octanol–water partition coefficient (Wildman–Crippen LogP) is 3.02. The van der Waals surface area contributed by atoms with Gasteiger partial charge in [0, 0.05) is 35.9 Å². The van der Waals surface area contributed by atoms with Crippen LogP contribution in [0.25, 0.3) is 10.9 Å². The van der Waals surface area contributed by atoms with Crippen LogP contribution in [0.15, 0.2) is 42.5 Å². The van der Waals surface area contributed by atoms with Gasteiger partial charge < -0.3 is 21.3 Å². The molecule has 1 aliphatic heterocycles. The number of benzene rings is 2. The molecule has 142 valence electrons. The molecule has 0 radical (unpaired) electrons. The first kappa shape index (κ1) is 18.0. The maximum absolute atomic E-state index is 9.17. The molecule has 28 heavy (non-hydrogen) atoms. The van der Waals surface area contributed by atoms with E-state index in [0.29, 0.717) is 28.9 Å². The Morgan fingerprint density at radius 2 is 2.11 bits per heavy atom.